The van der Waals surface area contributed by atoms with Gasteiger partial charge in [0.05, 0.1) is 22.9 Å². The fourth-order valence-corrected chi connectivity index (χ4v) is 2.63. The van der Waals surface area contributed by atoms with Crippen molar-refractivity contribution in [2.75, 3.05) is 0 Å². The molecule has 0 radical (unpaired) electrons. The second kappa shape index (κ2) is 6.24. The Morgan fingerprint density at radius 1 is 1.43 bits per heavy atom. The Morgan fingerprint density at radius 3 is 2.96 bits per heavy atom. The van der Waals surface area contributed by atoms with E-state index in [9.17, 15) is 4.79 Å². The quantitative estimate of drug-likeness (QED) is 0.776. The number of rotatable bonds is 5. The van der Waals surface area contributed by atoms with E-state index in [0.29, 0.717) is 33.8 Å². The molecule has 1 amide bonds. The monoisotopic (exact) mass is 313 g/mol. The molecule has 0 aromatic carbocycles. The summed E-state index contributed by atoms with van der Waals surface area (Å²) in [5, 5.41) is 7.58. The van der Waals surface area contributed by atoms with Gasteiger partial charge < -0.3 is 14.3 Å². The molecule has 0 fully saturated rings. The zero-order valence-corrected chi connectivity index (χ0v) is 13.4. The first-order valence-electron chi connectivity index (χ1n) is 7.72. The van der Waals surface area contributed by atoms with Crippen LogP contribution in [0.15, 0.2) is 33.4 Å². The molecule has 1 N–H and O–H groups in total. The summed E-state index contributed by atoms with van der Waals surface area (Å²) in [6.45, 7) is 5.88. The molecule has 6 heteroatoms. The van der Waals surface area contributed by atoms with Gasteiger partial charge in [0.25, 0.3) is 11.6 Å². The standard InChI is InChI=1S/C17H19N3O3/c1-4-6-10(2)18-16(21)12-9-13(14-7-5-8-22-14)19-17-15(12)11(3)20-23-17/h5,7-10H,4,6H2,1-3H3,(H,18,21). The van der Waals surface area contributed by atoms with Crippen LogP contribution in [0.2, 0.25) is 0 Å². The summed E-state index contributed by atoms with van der Waals surface area (Å²) >= 11 is 0. The highest BCUT2D eigenvalue weighted by molar-refractivity contribution is 6.06. The van der Waals surface area contributed by atoms with Crippen molar-refractivity contribution < 1.29 is 13.7 Å². The molecule has 120 valence electrons. The van der Waals surface area contributed by atoms with Crippen molar-refractivity contribution in [2.24, 2.45) is 0 Å². The lowest BCUT2D eigenvalue weighted by Crippen LogP contribution is -2.32. The third-order valence-electron chi connectivity index (χ3n) is 3.73. The minimum absolute atomic E-state index is 0.0999. The maximum absolute atomic E-state index is 12.7. The lowest BCUT2D eigenvalue weighted by Gasteiger charge is -2.13. The van der Waals surface area contributed by atoms with Gasteiger partial charge >= 0.3 is 0 Å². The third kappa shape index (κ3) is 2.97. The molecule has 1 atom stereocenters. The van der Waals surface area contributed by atoms with Gasteiger partial charge in [-0.3, -0.25) is 4.79 Å². The maximum atomic E-state index is 12.7. The SMILES string of the molecule is CCCC(C)NC(=O)c1cc(-c2ccco2)nc2onc(C)c12. The van der Waals surface area contributed by atoms with Crippen LogP contribution in [-0.2, 0) is 0 Å². The molecule has 0 saturated heterocycles. The van der Waals surface area contributed by atoms with Crippen molar-refractivity contribution in [1.29, 1.82) is 0 Å². The first kappa shape index (κ1) is 15.3. The van der Waals surface area contributed by atoms with Crippen LogP contribution in [0, 0.1) is 6.92 Å². The van der Waals surface area contributed by atoms with Crippen LogP contribution in [0.3, 0.4) is 0 Å². The smallest absolute Gasteiger partial charge is 0.259 e. The van der Waals surface area contributed by atoms with Crippen LogP contribution in [-0.4, -0.2) is 22.1 Å². The molecular formula is C17H19N3O3. The molecule has 3 aromatic rings. The number of nitrogens with zero attached hydrogens (tertiary/aromatic N) is 2. The highest BCUT2D eigenvalue weighted by atomic mass is 16.5. The van der Waals surface area contributed by atoms with Gasteiger partial charge in [-0.2, -0.15) is 0 Å². The summed E-state index contributed by atoms with van der Waals surface area (Å²) in [4.78, 5) is 17.1. The van der Waals surface area contributed by atoms with Gasteiger partial charge in [-0.15, -0.1) is 0 Å². The molecule has 23 heavy (non-hydrogen) atoms. The number of carbonyl (C=O) groups is 1. The van der Waals surface area contributed by atoms with Crippen molar-refractivity contribution in [1.82, 2.24) is 15.5 Å². The fraction of sp³-hybridized carbons (Fsp3) is 0.353. The van der Waals surface area contributed by atoms with E-state index >= 15 is 0 Å². The summed E-state index contributed by atoms with van der Waals surface area (Å²) in [5.74, 6) is 0.425. The highest BCUT2D eigenvalue weighted by Crippen LogP contribution is 2.27. The lowest BCUT2D eigenvalue weighted by molar-refractivity contribution is 0.0940. The van der Waals surface area contributed by atoms with Gasteiger partial charge in [0, 0.05) is 6.04 Å². The molecule has 0 saturated carbocycles. The van der Waals surface area contributed by atoms with Gasteiger partial charge in [0.2, 0.25) is 0 Å². The first-order chi connectivity index (χ1) is 11.1. The number of nitrogens with one attached hydrogen (secondary N) is 1. The molecular weight excluding hydrogens is 294 g/mol. The Kier molecular flexibility index (Phi) is 4.14. The van der Waals surface area contributed by atoms with Crippen LogP contribution < -0.4 is 5.32 Å². The molecule has 1 unspecified atom stereocenters. The number of aromatic nitrogens is 2. The number of hydrogen-bond donors (Lipinski definition) is 1. The topological polar surface area (TPSA) is 81.2 Å². The number of carbonyl (C=O) groups excluding carboxylic acids is 1. The van der Waals surface area contributed by atoms with Gasteiger partial charge in [0.1, 0.15) is 5.69 Å². The fourth-order valence-electron chi connectivity index (χ4n) is 2.63. The van der Waals surface area contributed by atoms with Crippen LogP contribution in [0.25, 0.3) is 22.6 Å². The van der Waals surface area contributed by atoms with E-state index in [0.717, 1.165) is 12.8 Å². The maximum Gasteiger partial charge on any atom is 0.259 e. The minimum atomic E-state index is -0.155. The average molecular weight is 313 g/mol. The summed E-state index contributed by atoms with van der Waals surface area (Å²) in [6.07, 6.45) is 3.50. The molecule has 3 heterocycles. The second-order valence-electron chi connectivity index (χ2n) is 5.64. The number of furan rings is 1. The van der Waals surface area contributed by atoms with Gasteiger partial charge in [-0.05, 0) is 38.5 Å². The summed E-state index contributed by atoms with van der Waals surface area (Å²) < 4.78 is 10.6. The third-order valence-corrected chi connectivity index (χ3v) is 3.73. The summed E-state index contributed by atoms with van der Waals surface area (Å²) in [6, 6.07) is 5.39. The Labute approximate surface area is 133 Å². The molecule has 0 bridgehead atoms. The zero-order valence-electron chi connectivity index (χ0n) is 13.4. The Balaban J connectivity index is 2.06. The van der Waals surface area contributed by atoms with Gasteiger partial charge in [0.15, 0.2) is 5.76 Å². The van der Waals surface area contributed by atoms with Crippen LogP contribution in [0.5, 0.6) is 0 Å². The van der Waals surface area contributed by atoms with E-state index in [-0.39, 0.29) is 11.9 Å². The van der Waals surface area contributed by atoms with E-state index in [1.807, 2.05) is 6.92 Å². The van der Waals surface area contributed by atoms with Gasteiger partial charge in [-0.25, -0.2) is 4.98 Å². The molecule has 0 aliphatic carbocycles. The van der Waals surface area contributed by atoms with E-state index in [4.69, 9.17) is 8.94 Å². The largest absolute Gasteiger partial charge is 0.463 e. The van der Waals surface area contributed by atoms with Crippen molar-refractivity contribution in [3.05, 3.63) is 35.7 Å². The molecule has 3 aromatic heterocycles. The molecule has 0 spiro atoms. The zero-order chi connectivity index (χ0) is 16.4. The van der Waals surface area contributed by atoms with E-state index in [2.05, 4.69) is 22.4 Å². The highest BCUT2D eigenvalue weighted by Gasteiger charge is 2.20. The second-order valence-corrected chi connectivity index (χ2v) is 5.64. The normalized spacial score (nSPS) is 12.5. The predicted molar refractivity (Wildman–Crippen MR) is 86.1 cm³/mol. The van der Waals surface area contributed by atoms with Gasteiger partial charge in [-0.1, -0.05) is 18.5 Å². The van der Waals surface area contributed by atoms with Crippen LogP contribution in [0.1, 0.15) is 42.7 Å². The van der Waals surface area contributed by atoms with Crippen LogP contribution >= 0.6 is 0 Å². The van der Waals surface area contributed by atoms with Crippen molar-refractivity contribution in [3.8, 4) is 11.5 Å². The van der Waals surface area contributed by atoms with E-state index in [1.54, 1.807) is 31.4 Å². The Hall–Kier alpha value is -2.63. The van der Waals surface area contributed by atoms with E-state index in [1.165, 1.54) is 0 Å². The number of fused-ring (bicyclic) bond motifs is 1. The number of aryl methyl sites for hydroxylation is 1. The van der Waals surface area contributed by atoms with Crippen molar-refractivity contribution in [3.63, 3.8) is 0 Å². The number of pyridine rings is 1. The van der Waals surface area contributed by atoms with E-state index < -0.39 is 0 Å². The molecule has 6 nitrogen and oxygen atoms in total. The predicted octanol–water partition coefficient (Wildman–Crippen LogP) is 3.71. The Morgan fingerprint density at radius 2 is 2.26 bits per heavy atom. The first-order valence-corrected chi connectivity index (χ1v) is 7.72. The molecule has 0 aliphatic heterocycles. The molecule has 0 aliphatic rings. The lowest BCUT2D eigenvalue weighted by atomic mass is 10.1. The molecule has 3 rings (SSSR count). The average Bonchev–Trinajstić information content (AvgIpc) is 3.17. The Bertz CT molecular complexity index is 821. The number of hydrogen-bond acceptors (Lipinski definition) is 5. The number of amides is 1. The minimum Gasteiger partial charge on any atom is -0.463 e. The summed E-state index contributed by atoms with van der Waals surface area (Å²) in [7, 11) is 0. The van der Waals surface area contributed by atoms with Crippen LogP contribution in [0.4, 0.5) is 0 Å². The summed E-state index contributed by atoms with van der Waals surface area (Å²) in [5.41, 5.74) is 2.03. The van der Waals surface area contributed by atoms with Crippen molar-refractivity contribution in [2.45, 2.75) is 39.7 Å². The van der Waals surface area contributed by atoms with Crippen molar-refractivity contribution >= 4 is 17.0 Å².